The van der Waals surface area contributed by atoms with Crippen LogP contribution in [0, 0.1) is 12.8 Å². The number of nitrogens with one attached hydrogen (secondary N) is 2. The molecular weight excluding hydrogens is 448 g/mol. The lowest BCUT2D eigenvalue weighted by Gasteiger charge is -2.27. The van der Waals surface area contributed by atoms with Crippen LogP contribution in [-0.2, 0) is 25.7 Å². The Morgan fingerprint density at radius 3 is 2.37 bits per heavy atom. The van der Waals surface area contributed by atoms with Gasteiger partial charge in [0.2, 0.25) is 5.91 Å². The predicted octanol–water partition coefficient (Wildman–Crippen LogP) is 3.26. The number of ether oxygens (including phenoxy) is 4. The lowest BCUT2D eigenvalue weighted by Crippen LogP contribution is -2.47. The molecule has 3 rings (SSSR count). The highest BCUT2D eigenvalue weighted by Crippen LogP contribution is 2.25. The van der Waals surface area contributed by atoms with E-state index in [4.69, 9.17) is 18.9 Å². The largest absolute Gasteiger partial charge is 0.497 e. The molecule has 0 radical (unpaired) electrons. The van der Waals surface area contributed by atoms with Crippen molar-refractivity contribution >= 4 is 11.9 Å². The smallest absolute Gasteiger partial charge is 0.325 e. The molecule has 0 aromatic heterocycles. The highest BCUT2D eigenvalue weighted by Gasteiger charge is 2.33. The topological polar surface area (TPSA) is 95.1 Å². The molecule has 1 heterocycles. The van der Waals surface area contributed by atoms with Gasteiger partial charge < -0.3 is 29.6 Å². The van der Waals surface area contributed by atoms with E-state index in [9.17, 15) is 9.59 Å². The van der Waals surface area contributed by atoms with Crippen molar-refractivity contribution in [2.24, 2.45) is 5.92 Å². The van der Waals surface area contributed by atoms with Crippen molar-refractivity contribution in [3.8, 4) is 11.5 Å². The van der Waals surface area contributed by atoms with Gasteiger partial charge in [-0.3, -0.25) is 9.59 Å². The van der Waals surface area contributed by atoms with Gasteiger partial charge in [-0.25, -0.2) is 0 Å². The molecule has 35 heavy (non-hydrogen) atoms. The van der Waals surface area contributed by atoms with Gasteiger partial charge >= 0.3 is 5.97 Å². The minimum Gasteiger partial charge on any atom is -0.497 e. The second-order valence-corrected chi connectivity index (χ2v) is 8.40. The van der Waals surface area contributed by atoms with Crippen LogP contribution in [0.25, 0.3) is 0 Å². The van der Waals surface area contributed by atoms with Gasteiger partial charge in [-0.15, -0.1) is 0 Å². The van der Waals surface area contributed by atoms with Crippen LogP contribution in [0.15, 0.2) is 48.5 Å². The summed E-state index contributed by atoms with van der Waals surface area (Å²) in [5.41, 5.74) is 2.03. The third-order valence-electron chi connectivity index (χ3n) is 5.90. The van der Waals surface area contributed by atoms with Crippen molar-refractivity contribution < 1.29 is 28.5 Å². The first-order valence-electron chi connectivity index (χ1n) is 11.8. The molecule has 1 aliphatic heterocycles. The zero-order valence-electron chi connectivity index (χ0n) is 21.3. The molecular formula is C27H38N2O6. The Morgan fingerprint density at radius 1 is 1.09 bits per heavy atom. The van der Waals surface area contributed by atoms with Crippen molar-refractivity contribution in [1.29, 1.82) is 0 Å². The molecule has 0 saturated carbocycles. The molecule has 2 N–H and O–H groups in total. The lowest BCUT2D eigenvalue weighted by molar-refractivity contribution is -0.146. The van der Waals surface area contributed by atoms with Crippen molar-refractivity contribution in [1.82, 2.24) is 10.6 Å². The Hall–Kier alpha value is -3.10. The van der Waals surface area contributed by atoms with E-state index >= 15 is 0 Å². The van der Waals surface area contributed by atoms with Crippen LogP contribution in [0.4, 0.5) is 0 Å². The Bertz CT molecular complexity index is 915. The second kappa shape index (κ2) is 15.0. The molecule has 2 aromatic rings. The molecule has 1 saturated heterocycles. The van der Waals surface area contributed by atoms with Crippen LogP contribution < -0.4 is 20.1 Å². The van der Waals surface area contributed by atoms with E-state index in [1.807, 2.05) is 18.2 Å². The number of carbonyl (C=O) groups excluding carboxylic acids is 2. The van der Waals surface area contributed by atoms with Gasteiger partial charge in [0.25, 0.3) is 0 Å². The number of aryl methyl sites for hydroxylation is 1. The van der Waals surface area contributed by atoms with Crippen molar-refractivity contribution in [3.05, 3.63) is 59.7 Å². The zero-order valence-corrected chi connectivity index (χ0v) is 21.3. The summed E-state index contributed by atoms with van der Waals surface area (Å²) in [6.45, 7) is 4.66. The number of carbonyl (C=O) groups is 2. The fourth-order valence-corrected chi connectivity index (χ4v) is 3.89. The third-order valence-corrected chi connectivity index (χ3v) is 5.90. The predicted molar refractivity (Wildman–Crippen MR) is 135 cm³/mol. The fourth-order valence-electron chi connectivity index (χ4n) is 3.89. The van der Waals surface area contributed by atoms with Gasteiger partial charge in [-0.1, -0.05) is 42.8 Å². The summed E-state index contributed by atoms with van der Waals surface area (Å²) >= 11 is 0. The second-order valence-electron chi connectivity index (χ2n) is 8.40. The molecule has 0 bridgehead atoms. The normalized spacial score (nSPS) is 16.3. The molecule has 0 aliphatic carbocycles. The molecule has 1 aliphatic rings. The number of amides is 1. The highest BCUT2D eigenvalue weighted by molar-refractivity contribution is 5.83. The lowest BCUT2D eigenvalue weighted by atomic mass is 9.95. The number of esters is 1. The number of methoxy groups -OCH3 is 3. The molecule has 2 aromatic carbocycles. The molecule has 3 unspecified atom stereocenters. The maximum absolute atomic E-state index is 12.4. The van der Waals surface area contributed by atoms with E-state index in [1.54, 1.807) is 39.3 Å². The van der Waals surface area contributed by atoms with E-state index in [0.717, 1.165) is 19.4 Å². The maximum atomic E-state index is 12.4. The first-order chi connectivity index (χ1) is 16.9. The standard InChI is InChI=1S/C20H30N2O6.C7H8/c1-13(19(27-4)16-6-5-9-21-16)20(24)22-11-18(23)28-12-14-7-8-15(25-2)10-17(14)26-3;1-7-5-3-2-4-6-7/h7-8,10,13,16,19,21H,5-6,9,11-12H2,1-4H3,(H,22,24);2-6H,1H3. The number of benzene rings is 2. The van der Waals surface area contributed by atoms with Crippen LogP contribution in [-0.4, -0.2) is 58.4 Å². The average molecular weight is 487 g/mol. The van der Waals surface area contributed by atoms with Crippen molar-refractivity contribution in [3.63, 3.8) is 0 Å². The third kappa shape index (κ3) is 9.22. The monoisotopic (exact) mass is 486 g/mol. The SMILES string of the molecule is COc1ccc(COC(=O)CNC(=O)C(C)C(OC)C2CCCN2)c(OC)c1.Cc1ccccc1. The molecule has 3 atom stereocenters. The van der Waals surface area contributed by atoms with Gasteiger partial charge in [0, 0.05) is 24.8 Å². The number of hydrogen-bond donors (Lipinski definition) is 2. The zero-order chi connectivity index (χ0) is 25.6. The summed E-state index contributed by atoms with van der Waals surface area (Å²) < 4.78 is 21.2. The minimum absolute atomic E-state index is 0.0457. The molecule has 1 amide bonds. The molecule has 1 fully saturated rings. The number of rotatable bonds is 10. The molecule has 192 valence electrons. The maximum Gasteiger partial charge on any atom is 0.325 e. The molecule has 0 spiro atoms. The first-order valence-corrected chi connectivity index (χ1v) is 11.8. The summed E-state index contributed by atoms with van der Waals surface area (Å²) in [7, 11) is 4.70. The van der Waals surface area contributed by atoms with Crippen molar-refractivity contribution in [2.45, 2.75) is 45.4 Å². The highest BCUT2D eigenvalue weighted by atomic mass is 16.5. The summed E-state index contributed by atoms with van der Waals surface area (Å²) in [6, 6.07) is 15.7. The number of hydrogen-bond acceptors (Lipinski definition) is 7. The summed E-state index contributed by atoms with van der Waals surface area (Å²) in [4.78, 5) is 24.4. The van der Waals surface area contributed by atoms with Gasteiger partial charge in [-0.2, -0.15) is 0 Å². The van der Waals surface area contributed by atoms with Gasteiger partial charge in [-0.05, 0) is 38.4 Å². The molecule has 8 heteroatoms. The Balaban J connectivity index is 0.000000527. The van der Waals surface area contributed by atoms with Gasteiger partial charge in [0.1, 0.15) is 24.7 Å². The summed E-state index contributed by atoms with van der Waals surface area (Å²) in [5.74, 6) is 0.0791. The Morgan fingerprint density at radius 2 is 1.83 bits per heavy atom. The summed E-state index contributed by atoms with van der Waals surface area (Å²) in [5, 5.41) is 5.98. The summed E-state index contributed by atoms with van der Waals surface area (Å²) in [6.07, 6.45) is 1.81. The quantitative estimate of drug-likeness (QED) is 0.498. The van der Waals surface area contributed by atoms with E-state index < -0.39 is 5.97 Å². The van der Waals surface area contributed by atoms with E-state index in [2.05, 4.69) is 29.7 Å². The van der Waals surface area contributed by atoms with E-state index in [1.165, 1.54) is 12.7 Å². The van der Waals surface area contributed by atoms with Crippen LogP contribution in [0.1, 0.15) is 30.9 Å². The van der Waals surface area contributed by atoms with Crippen LogP contribution in [0.3, 0.4) is 0 Å². The first kappa shape index (κ1) is 28.1. The van der Waals surface area contributed by atoms with Crippen LogP contribution >= 0.6 is 0 Å². The van der Waals surface area contributed by atoms with Crippen LogP contribution in [0.2, 0.25) is 0 Å². The molecule has 8 nitrogen and oxygen atoms in total. The Labute approximate surface area is 208 Å². The Kier molecular flexibility index (Phi) is 12.1. The van der Waals surface area contributed by atoms with Gasteiger partial charge in [0.15, 0.2) is 0 Å². The van der Waals surface area contributed by atoms with Crippen LogP contribution in [0.5, 0.6) is 11.5 Å². The fraction of sp³-hybridized carbons (Fsp3) is 0.481. The van der Waals surface area contributed by atoms with Gasteiger partial charge in [0.05, 0.1) is 26.2 Å². The van der Waals surface area contributed by atoms with Crippen molar-refractivity contribution in [2.75, 3.05) is 34.4 Å². The van der Waals surface area contributed by atoms with E-state index in [0.29, 0.717) is 17.1 Å². The average Bonchev–Trinajstić information content (AvgIpc) is 3.41. The van der Waals surface area contributed by atoms with E-state index in [-0.39, 0.29) is 37.1 Å². The minimum atomic E-state index is -0.522.